The van der Waals surface area contributed by atoms with Crippen LogP contribution in [0.2, 0.25) is 0 Å². The number of hydrogen-bond donors (Lipinski definition) is 0. The van der Waals surface area contributed by atoms with Crippen LogP contribution in [-0.2, 0) is 9.47 Å². The number of aliphatic imine (C=N–C) groups is 1. The van der Waals surface area contributed by atoms with E-state index in [-0.39, 0.29) is 0 Å². The third-order valence-corrected chi connectivity index (χ3v) is 4.16. The molecule has 7 heteroatoms. The molecule has 0 atom stereocenters. The minimum atomic E-state index is 0.446. The second-order valence-electron chi connectivity index (χ2n) is 5.95. The monoisotopic (exact) mass is 400 g/mol. The summed E-state index contributed by atoms with van der Waals surface area (Å²) in [6, 6.07) is 0. The Kier molecular flexibility index (Phi) is 8.53. The van der Waals surface area contributed by atoms with E-state index in [9.17, 15) is 0 Å². The number of nitrogens with zero attached hydrogens (tertiary/aromatic N) is 4. The highest BCUT2D eigenvalue weighted by Gasteiger charge is 2.08. The Balaban J connectivity index is 2.41. The molecule has 0 N–H and O–H groups in total. The first kappa shape index (κ1) is 21.5. The Morgan fingerprint density at radius 3 is 2.89 bits per heavy atom. The van der Waals surface area contributed by atoms with Gasteiger partial charge in [0.2, 0.25) is 0 Å². The maximum atomic E-state index is 6.46. The van der Waals surface area contributed by atoms with Crippen molar-refractivity contribution in [3.05, 3.63) is 64.3 Å². The molecule has 28 heavy (non-hydrogen) atoms. The van der Waals surface area contributed by atoms with Gasteiger partial charge in [-0.05, 0) is 17.7 Å². The van der Waals surface area contributed by atoms with Crippen molar-refractivity contribution in [2.45, 2.75) is 19.8 Å². The molecule has 0 unspecified atom stereocenters. The SMILES string of the molecule is CC/C(=C\C(=C=C(Cl)CC1=C/c2cncnc2N(C)C=CC\N=C\1)OC)OC. The predicted octanol–water partition coefficient (Wildman–Crippen LogP) is 4.48. The average molecular weight is 401 g/mol. The molecule has 1 aromatic heterocycles. The molecule has 0 bridgehead atoms. The van der Waals surface area contributed by atoms with Crippen LogP contribution >= 0.6 is 11.6 Å². The van der Waals surface area contributed by atoms with Gasteiger partial charge in [-0.25, -0.2) is 9.97 Å². The van der Waals surface area contributed by atoms with E-state index in [2.05, 4.69) is 20.7 Å². The quantitative estimate of drug-likeness (QED) is 0.400. The summed E-state index contributed by atoms with van der Waals surface area (Å²) in [5.41, 5.74) is 4.87. The first-order valence-corrected chi connectivity index (χ1v) is 9.28. The minimum Gasteiger partial charge on any atom is -0.501 e. The molecule has 1 aromatic rings. The van der Waals surface area contributed by atoms with Crippen LogP contribution in [0.5, 0.6) is 0 Å². The summed E-state index contributed by atoms with van der Waals surface area (Å²) >= 11 is 6.46. The summed E-state index contributed by atoms with van der Waals surface area (Å²) in [4.78, 5) is 14.9. The van der Waals surface area contributed by atoms with E-state index in [0.717, 1.165) is 29.1 Å². The molecule has 148 valence electrons. The van der Waals surface area contributed by atoms with Crippen molar-refractivity contribution in [2.75, 3.05) is 32.7 Å². The Morgan fingerprint density at radius 1 is 1.36 bits per heavy atom. The van der Waals surface area contributed by atoms with Gasteiger partial charge in [-0.3, -0.25) is 4.99 Å². The Morgan fingerprint density at radius 2 is 2.18 bits per heavy atom. The van der Waals surface area contributed by atoms with E-state index in [1.54, 1.807) is 26.5 Å². The molecule has 0 radical (unpaired) electrons. The van der Waals surface area contributed by atoms with Crippen molar-refractivity contribution in [1.29, 1.82) is 0 Å². The van der Waals surface area contributed by atoms with Crippen molar-refractivity contribution in [3.8, 4) is 0 Å². The summed E-state index contributed by atoms with van der Waals surface area (Å²) in [6.07, 6.45) is 14.0. The fourth-order valence-electron chi connectivity index (χ4n) is 2.53. The molecule has 2 rings (SSSR count). The molecule has 1 aliphatic rings. The molecular formula is C21H25ClN4O2. The van der Waals surface area contributed by atoms with Crippen molar-refractivity contribution < 1.29 is 9.47 Å². The summed E-state index contributed by atoms with van der Waals surface area (Å²) in [5, 5.41) is 0.497. The van der Waals surface area contributed by atoms with E-state index in [0.29, 0.717) is 23.8 Å². The van der Waals surface area contributed by atoms with Gasteiger partial charge in [0.15, 0.2) is 5.76 Å². The topological polar surface area (TPSA) is 59.8 Å². The number of aromatic nitrogens is 2. The number of allylic oxidation sites excluding steroid dienone is 3. The van der Waals surface area contributed by atoms with Gasteiger partial charge in [0.25, 0.3) is 0 Å². The van der Waals surface area contributed by atoms with Crippen molar-refractivity contribution in [2.24, 2.45) is 4.99 Å². The van der Waals surface area contributed by atoms with Crippen LogP contribution in [0.4, 0.5) is 5.82 Å². The maximum absolute atomic E-state index is 6.46. The number of ether oxygens (including phenoxy) is 2. The molecule has 1 aliphatic heterocycles. The van der Waals surface area contributed by atoms with E-state index < -0.39 is 0 Å². The van der Waals surface area contributed by atoms with E-state index in [1.807, 2.05) is 43.4 Å². The second kappa shape index (κ2) is 11.1. The fourth-order valence-corrected chi connectivity index (χ4v) is 2.77. The van der Waals surface area contributed by atoms with E-state index >= 15 is 0 Å². The lowest BCUT2D eigenvalue weighted by Crippen LogP contribution is -2.12. The van der Waals surface area contributed by atoms with E-state index in [1.165, 1.54) is 6.33 Å². The standard InChI is InChI=1S/C21H25ClN4O2/c1-5-19(27-3)12-20(28-4)11-18(22)10-16-9-17-14-24-15-25-21(17)26(2)8-6-7-23-13-16/h6,8-9,12-15H,5,7,10H2,1-4H3/b8-6?,16-9-,19-12+,23-13+. The number of rotatable bonds is 6. The van der Waals surface area contributed by atoms with Gasteiger partial charge in [0, 0.05) is 50.1 Å². The molecule has 0 fully saturated rings. The zero-order chi connectivity index (χ0) is 20.4. The van der Waals surface area contributed by atoms with Gasteiger partial charge < -0.3 is 14.4 Å². The van der Waals surface area contributed by atoms with Gasteiger partial charge in [-0.1, -0.05) is 24.3 Å². The Labute approximate surface area is 171 Å². The highest BCUT2D eigenvalue weighted by Crippen LogP contribution is 2.22. The maximum Gasteiger partial charge on any atom is 0.166 e. The zero-order valence-electron chi connectivity index (χ0n) is 16.6. The second-order valence-corrected chi connectivity index (χ2v) is 6.41. The summed E-state index contributed by atoms with van der Waals surface area (Å²) < 4.78 is 10.6. The molecule has 0 spiro atoms. The largest absolute Gasteiger partial charge is 0.501 e. The van der Waals surface area contributed by atoms with Gasteiger partial charge in [-0.15, -0.1) is 0 Å². The van der Waals surface area contributed by atoms with Crippen LogP contribution in [0.3, 0.4) is 0 Å². The summed E-state index contributed by atoms with van der Waals surface area (Å²) in [6.45, 7) is 2.57. The van der Waals surface area contributed by atoms with Crippen LogP contribution in [0.25, 0.3) is 6.08 Å². The smallest absolute Gasteiger partial charge is 0.166 e. The Bertz CT molecular complexity index is 859. The van der Waals surface area contributed by atoms with Crippen LogP contribution in [0, 0.1) is 0 Å². The molecule has 2 heterocycles. The highest BCUT2D eigenvalue weighted by molar-refractivity contribution is 6.30. The van der Waals surface area contributed by atoms with Crippen LogP contribution in [0.15, 0.2) is 63.7 Å². The Hall–Kier alpha value is -2.82. The van der Waals surface area contributed by atoms with Crippen LogP contribution < -0.4 is 4.90 Å². The van der Waals surface area contributed by atoms with Crippen molar-refractivity contribution >= 4 is 29.7 Å². The summed E-state index contributed by atoms with van der Waals surface area (Å²) in [5.74, 6) is 2.10. The van der Waals surface area contributed by atoms with E-state index in [4.69, 9.17) is 21.1 Å². The third-order valence-electron chi connectivity index (χ3n) is 3.93. The van der Waals surface area contributed by atoms with Crippen molar-refractivity contribution in [3.63, 3.8) is 0 Å². The lowest BCUT2D eigenvalue weighted by Gasteiger charge is -2.16. The van der Waals surface area contributed by atoms with Gasteiger partial charge >= 0.3 is 0 Å². The number of fused-ring (bicyclic) bond motifs is 1. The van der Waals surface area contributed by atoms with Crippen molar-refractivity contribution in [1.82, 2.24) is 9.97 Å². The molecule has 0 saturated carbocycles. The lowest BCUT2D eigenvalue weighted by atomic mass is 10.1. The molecule has 6 nitrogen and oxygen atoms in total. The molecule has 0 aliphatic carbocycles. The average Bonchev–Trinajstić information content (AvgIpc) is 2.70. The lowest BCUT2D eigenvalue weighted by molar-refractivity contribution is 0.268. The number of methoxy groups -OCH3 is 2. The molecule has 0 aromatic carbocycles. The van der Waals surface area contributed by atoms with Crippen LogP contribution in [0.1, 0.15) is 25.3 Å². The van der Waals surface area contributed by atoms with Crippen LogP contribution in [-0.4, -0.2) is 44.0 Å². The highest BCUT2D eigenvalue weighted by atomic mass is 35.5. The molecule has 0 saturated heterocycles. The first-order valence-electron chi connectivity index (χ1n) is 8.91. The summed E-state index contributed by atoms with van der Waals surface area (Å²) in [7, 11) is 5.14. The zero-order valence-corrected chi connectivity index (χ0v) is 17.4. The molecular weight excluding hydrogens is 376 g/mol. The fraction of sp³-hybridized carbons (Fsp3) is 0.333. The van der Waals surface area contributed by atoms with Gasteiger partial charge in [-0.2, -0.15) is 0 Å². The predicted molar refractivity (Wildman–Crippen MR) is 114 cm³/mol. The normalized spacial score (nSPS) is 17.0. The third kappa shape index (κ3) is 6.41. The minimum absolute atomic E-state index is 0.446. The van der Waals surface area contributed by atoms with Gasteiger partial charge in [0.05, 0.1) is 31.6 Å². The number of halogens is 1. The van der Waals surface area contributed by atoms with Gasteiger partial charge in [0.1, 0.15) is 12.1 Å². The number of anilines is 1. The molecule has 0 amide bonds. The first-order chi connectivity index (χ1) is 13.6. The number of hydrogen-bond acceptors (Lipinski definition) is 6.